The molecule has 92 valence electrons. The molecule has 1 atom stereocenters. The molecule has 1 fully saturated rings. The quantitative estimate of drug-likeness (QED) is 0.818. The predicted octanol–water partition coefficient (Wildman–Crippen LogP) is 2.54. The van der Waals surface area contributed by atoms with Gasteiger partial charge in [-0.05, 0) is 53.6 Å². The van der Waals surface area contributed by atoms with Crippen LogP contribution in [0.1, 0.15) is 23.2 Å². The Morgan fingerprint density at radius 3 is 3.00 bits per heavy atom. The van der Waals surface area contributed by atoms with Crippen LogP contribution in [0, 0.1) is 3.57 Å². The van der Waals surface area contributed by atoms with Crippen LogP contribution < -0.4 is 0 Å². The predicted molar refractivity (Wildman–Crippen MR) is 75.3 cm³/mol. The molecule has 1 aromatic carbocycles. The zero-order valence-corrected chi connectivity index (χ0v) is 12.1. The third kappa shape index (κ3) is 2.74. The van der Waals surface area contributed by atoms with Gasteiger partial charge in [0, 0.05) is 15.7 Å². The first-order valence-electron chi connectivity index (χ1n) is 5.50. The fraction of sp³-hybridized carbons (Fsp3) is 0.417. The van der Waals surface area contributed by atoms with Gasteiger partial charge in [-0.25, -0.2) is 0 Å². The molecule has 1 N–H and O–H groups in total. The van der Waals surface area contributed by atoms with Crippen LogP contribution in [-0.2, 0) is 0 Å². The Morgan fingerprint density at radius 2 is 2.35 bits per heavy atom. The average molecular weight is 366 g/mol. The Hall–Kier alpha value is -0.330. The second-order valence-corrected chi connectivity index (χ2v) is 5.68. The van der Waals surface area contributed by atoms with E-state index in [4.69, 9.17) is 11.6 Å². The van der Waals surface area contributed by atoms with E-state index in [1.54, 1.807) is 17.0 Å². The normalized spacial score (nSPS) is 19.7. The third-order valence-corrected chi connectivity index (χ3v) is 4.59. The molecule has 1 aromatic rings. The summed E-state index contributed by atoms with van der Waals surface area (Å²) in [6.45, 7) is 0.748. The monoisotopic (exact) mass is 365 g/mol. The van der Waals surface area contributed by atoms with Gasteiger partial charge in [-0.3, -0.25) is 4.79 Å². The molecule has 0 spiro atoms. The second kappa shape index (κ2) is 5.54. The van der Waals surface area contributed by atoms with Crippen molar-refractivity contribution in [1.29, 1.82) is 0 Å². The lowest BCUT2D eigenvalue weighted by Gasteiger charge is -2.23. The number of halogens is 2. The van der Waals surface area contributed by atoms with Gasteiger partial charge >= 0.3 is 0 Å². The van der Waals surface area contributed by atoms with Crippen LogP contribution in [-0.4, -0.2) is 35.1 Å². The van der Waals surface area contributed by atoms with Crippen LogP contribution >= 0.6 is 34.2 Å². The maximum absolute atomic E-state index is 12.2. The molecule has 3 nitrogen and oxygen atoms in total. The summed E-state index contributed by atoms with van der Waals surface area (Å²) in [5.74, 6) is -0.0418. The Morgan fingerprint density at radius 1 is 1.59 bits per heavy atom. The highest BCUT2D eigenvalue weighted by molar-refractivity contribution is 14.1. The van der Waals surface area contributed by atoms with Gasteiger partial charge < -0.3 is 10.0 Å². The number of amides is 1. The van der Waals surface area contributed by atoms with E-state index in [9.17, 15) is 9.90 Å². The van der Waals surface area contributed by atoms with Gasteiger partial charge in [-0.15, -0.1) is 0 Å². The molecule has 0 radical (unpaired) electrons. The summed E-state index contributed by atoms with van der Waals surface area (Å²) in [7, 11) is 0. The molecule has 2 rings (SSSR count). The van der Waals surface area contributed by atoms with Gasteiger partial charge in [0.15, 0.2) is 0 Å². The van der Waals surface area contributed by atoms with E-state index in [0.717, 1.165) is 16.4 Å². The van der Waals surface area contributed by atoms with Crippen molar-refractivity contribution in [2.45, 2.75) is 18.9 Å². The smallest absolute Gasteiger partial charge is 0.254 e. The van der Waals surface area contributed by atoms with Crippen molar-refractivity contribution in [1.82, 2.24) is 4.90 Å². The minimum Gasteiger partial charge on any atom is -0.394 e. The third-order valence-electron chi connectivity index (χ3n) is 3.02. The number of hydrogen-bond acceptors (Lipinski definition) is 2. The van der Waals surface area contributed by atoms with Crippen LogP contribution in [0.4, 0.5) is 0 Å². The Balaban J connectivity index is 2.21. The van der Waals surface area contributed by atoms with Crippen molar-refractivity contribution < 1.29 is 9.90 Å². The molecule has 1 unspecified atom stereocenters. The number of carbonyl (C=O) groups excluding carboxylic acids is 1. The topological polar surface area (TPSA) is 40.5 Å². The van der Waals surface area contributed by atoms with Crippen molar-refractivity contribution in [3.8, 4) is 0 Å². The fourth-order valence-corrected chi connectivity index (χ4v) is 2.60. The summed E-state index contributed by atoms with van der Waals surface area (Å²) in [6.07, 6.45) is 1.83. The minimum absolute atomic E-state index is 0.0316. The molecule has 1 amide bonds. The van der Waals surface area contributed by atoms with Crippen LogP contribution in [0.3, 0.4) is 0 Å². The van der Waals surface area contributed by atoms with Gasteiger partial charge in [0.2, 0.25) is 0 Å². The first-order chi connectivity index (χ1) is 8.13. The number of aliphatic hydroxyl groups excluding tert-OH is 1. The lowest BCUT2D eigenvalue weighted by molar-refractivity contribution is 0.0677. The minimum atomic E-state index is -0.0418. The first kappa shape index (κ1) is 13.1. The maximum Gasteiger partial charge on any atom is 0.254 e. The molecular formula is C12H13ClINO2. The molecule has 0 aliphatic carbocycles. The van der Waals surface area contributed by atoms with E-state index in [-0.39, 0.29) is 18.6 Å². The molecule has 1 saturated heterocycles. The van der Waals surface area contributed by atoms with Crippen LogP contribution in [0.5, 0.6) is 0 Å². The van der Waals surface area contributed by atoms with E-state index in [2.05, 4.69) is 22.6 Å². The molecule has 0 saturated carbocycles. The Bertz CT molecular complexity index is 439. The highest BCUT2D eigenvalue weighted by Gasteiger charge is 2.28. The average Bonchev–Trinajstić information content (AvgIpc) is 2.80. The molecule has 5 heteroatoms. The SMILES string of the molecule is O=C(c1ccc(I)c(Cl)c1)N1CCCC1CO. The number of nitrogens with zero attached hydrogens (tertiary/aromatic N) is 1. The lowest BCUT2D eigenvalue weighted by atomic mass is 10.2. The van der Waals surface area contributed by atoms with E-state index in [1.165, 1.54) is 0 Å². The number of likely N-dealkylation sites (tertiary alicyclic amines) is 1. The Labute approximate surface area is 119 Å². The molecule has 1 heterocycles. The summed E-state index contributed by atoms with van der Waals surface area (Å²) < 4.78 is 0.931. The van der Waals surface area contributed by atoms with Crippen molar-refractivity contribution in [3.63, 3.8) is 0 Å². The van der Waals surface area contributed by atoms with E-state index < -0.39 is 0 Å². The summed E-state index contributed by atoms with van der Waals surface area (Å²) in [4.78, 5) is 14.0. The van der Waals surface area contributed by atoms with Crippen molar-refractivity contribution in [2.24, 2.45) is 0 Å². The number of carbonyl (C=O) groups is 1. The van der Waals surface area contributed by atoms with Gasteiger partial charge in [0.1, 0.15) is 0 Å². The van der Waals surface area contributed by atoms with Gasteiger partial charge in [-0.2, -0.15) is 0 Å². The highest BCUT2D eigenvalue weighted by Crippen LogP contribution is 2.23. The standard InChI is InChI=1S/C12H13ClINO2/c13-10-6-8(3-4-11(10)14)12(17)15-5-1-2-9(15)7-16/h3-4,6,9,16H,1-2,5,7H2. The van der Waals surface area contributed by atoms with Gasteiger partial charge in [0.25, 0.3) is 5.91 Å². The van der Waals surface area contributed by atoms with Crippen molar-refractivity contribution in [3.05, 3.63) is 32.4 Å². The van der Waals surface area contributed by atoms with Crippen molar-refractivity contribution >= 4 is 40.1 Å². The maximum atomic E-state index is 12.2. The summed E-state index contributed by atoms with van der Waals surface area (Å²) >= 11 is 8.13. The van der Waals surface area contributed by atoms with Crippen LogP contribution in [0.25, 0.3) is 0 Å². The van der Waals surface area contributed by atoms with Crippen LogP contribution in [0.2, 0.25) is 5.02 Å². The zero-order chi connectivity index (χ0) is 12.4. The zero-order valence-electron chi connectivity index (χ0n) is 9.20. The van der Waals surface area contributed by atoms with Gasteiger partial charge in [0.05, 0.1) is 17.7 Å². The largest absolute Gasteiger partial charge is 0.394 e. The second-order valence-electron chi connectivity index (χ2n) is 4.11. The number of hydrogen-bond donors (Lipinski definition) is 1. The molecule has 17 heavy (non-hydrogen) atoms. The number of rotatable bonds is 2. The van der Waals surface area contributed by atoms with E-state index in [1.807, 2.05) is 6.07 Å². The molecule has 1 aliphatic rings. The summed E-state index contributed by atoms with van der Waals surface area (Å²) in [5.41, 5.74) is 0.593. The van der Waals surface area contributed by atoms with Gasteiger partial charge in [-0.1, -0.05) is 11.6 Å². The van der Waals surface area contributed by atoms with E-state index in [0.29, 0.717) is 17.1 Å². The molecule has 0 aromatic heterocycles. The number of benzene rings is 1. The summed E-state index contributed by atoms with van der Waals surface area (Å²) in [6, 6.07) is 5.27. The number of aliphatic hydroxyl groups is 1. The molecule has 1 aliphatic heterocycles. The first-order valence-corrected chi connectivity index (χ1v) is 6.96. The Kier molecular flexibility index (Phi) is 4.27. The molecular weight excluding hydrogens is 352 g/mol. The van der Waals surface area contributed by atoms with Crippen molar-refractivity contribution in [2.75, 3.05) is 13.2 Å². The lowest BCUT2D eigenvalue weighted by Crippen LogP contribution is -2.37. The van der Waals surface area contributed by atoms with E-state index >= 15 is 0 Å². The van der Waals surface area contributed by atoms with Crippen LogP contribution in [0.15, 0.2) is 18.2 Å². The molecule has 0 bridgehead atoms. The highest BCUT2D eigenvalue weighted by atomic mass is 127. The fourth-order valence-electron chi connectivity index (χ4n) is 2.09. The summed E-state index contributed by atoms with van der Waals surface area (Å²) in [5, 5.41) is 9.80.